The maximum absolute atomic E-state index is 6.14. The van der Waals surface area contributed by atoms with Gasteiger partial charge in [-0.2, -0.15) is 4.99 Å². The van der Waals surface area contributed by atoms with E-state index < -0.39 is 0 Å². The van der Waals surface area contributed by atoms with Gasteiger partial charge in [-0.3, -0.25) is 0 Å². The van der Waals surface area contributed by atoms with E-state index >= 15 is 0 Å². The van der Waals surface area contributed by atoms with Crippen LogP contribution in [-0.4, -0.2) is 15.5 Å². The number of fused-ring (bicyclic) bond motifs is 3. The van der Waals surface area contributed by atoms with Crippen molar-refractivity contribution in [2.24, 2.45) is 10.7 Å². The Labute approximate surface area is 169 Å². The zero-order valence-corrected chi connectivity index (χ0v) is 17.1. The number of hydrogen-bond acceptors (Lipinski definition) is 3. The molecule has 2 aromatic carbocycles. The molecule has 0 saturated carbocycles. The molecule has 29 heavy (non-hydrogen) atoms. The van der Waals surface area contributed by atoms with Crippen LogP contribution in [0.4, 0.5) is 5.95 Å². The van der Waals surface area contributed by atoms with Crippen LogP contribution in [0.25, 0.3) is 16.7 Å². The smallest absolute Gasteiger partial charge is 0.357 e. The Morgan fingerprint density at radius 1 is 1.03 bits per heavy atom. The van der Waals surface area contributed by atoms with Gasteiger partial charge in [0.15, 0.2) is 0 Å². The number of para-hydroxylation sites is 2. The highest BCUT2D eigenvalue weighted by atomic mass is 15.4. The molecule has 5 rings (SSSR count). The third-order valence-electron chi connectivity index (χ3n) is 5.75. The molecule has 0 fully saturated rings. The molecule has 0 amide bonds. The van der Waals surface area contributed by atoms with Gasteiger partial charge in [-0.15, -0.1) is 0 Å². The summed E-state index contributed by atoms with van der Waals surface area (Å²) in [5.74, 6) is 1.26. The average molecular weight is 385 g/mol. The molecule has 1 aliphatic rings. The highest BCUT2D eigenvalue weighted by molar-refractivity contribution is 5.92. The lowest BCUT2D eigenvalue weighted by atomic mass is 10.1. The van der Waals surface area contributed by atoms with E-state index in [1.54, 1.807) is 0 Å². The molecule has 0 radical (unpaired) electrons. The fourth-order valence-corrected chi connectivity index (χ4v) is 4.47. The van der Waals surface area contributed by atoms with Gasteiger partial charge in [-0.1, -0.05) is 29.8 Å². The van der Waals surface area contributed by atoms with Crippen molar-refractivity contribution in [1.82, 2.24) is 9.55 Å². The summed E-state index contributed by atoms with van der Waals surface area (Å²) in [6, 6.07) is 17.0. The Bertz CT molecular complexity index is 1290. The number of benzene rings is 2. The zero-order chi connectivity index (χ0) is 20.3. The maximum atomic E-state index is 6.14. The van der Waals surface area contributed by atoms with E-state index in [-0.39, 0.29) is 6.17 Å². The summed E-state index contributed by atoms with van der Waals surface area (Å²) in [5.41, 5.74) is 15.5. The fourth-order valence-electron chi connectivity index (χ4n) is 4.47. The van der Waals surface area contributed by atoms with Gasteiger partial charge in [0.2, 0.25) is 6.17 Å². The van der Waals surface area contributed by atoms with Crippen molar-refractivity contribution < 1.29 is 4.57 Å². The van der Waals surface area contributed by atoms with Crippen LogP contribution in [0, 0.1) is 27.7 Å². The first-order chi connectivity index (χ1) is 13.9. The molecule has 146 valence electrons. The summed E-state index contributed by atoms with van der Waals surface area (Å²) in [6.07, 6.45) is -0.229. The number of hydrogen-bond donors (Lipinski definition) is 3. The summed E-state index contributed by atoms with van der Waals surface area (Å²) in [5, 5.41) is 3.17. The van der Waals surface area contributed by atoms with E-state index in [2.05, 4.69) is 83.5 Å². The molecular formula is C23H25N6+. The lowest BCUT2D eigenvalue weighted by Crippen LogP contribution is -2.48. The van der Waals surface area contributed by atoms with Gasteiger partial charge < -0.3 is 10.3 Å². The Balaban J connectivity index is 1.72. The van der Waals surface area contributed by atoms with Crippen molar-refractivity contribution in [1.29, 1.82) is 0 Å². The third-order valence-corrected chi connectivity index (χ3v) is 5.75. The normalized spacial score (nSPS) is 15.9. The number of aryl methyl sites for hydroxylation is 3. The number of aromatic amines is 1. The van der Waals surface area contributed by atoms with Gasteiger partial charge >= 0.3 is 5.95 Å². The molecule has 0 saturated heterocycles. The van der Waals surface area contributed by atoms with Crippen molar-refractivity contribution in [3.05, 3.63) is 76.6 Å². The molecule has 0 unspecified atom stereocenters. The maximum Gasteiger partial charge on any atom is 0.365 e. The highest BCUT2D eigenvalue weighted by Crippen LogP contribution is 2.31. The topological polar surface area (TPSA) is 75.0 Å². The van der Waals surface area contributed by atoms with Crippen LogP contribution in [0.2, 0.25) is 0 Å². The first-order valence-corrected chi connectivity index (χ1v) is 9.83. The number of H-pyrrole nitrogens is 1. The predicted molar refractivity (Wildman–Crippen MR) is 117 cm³/mol. The molecule has 1 aliphatic heterocycles. The Hall–Kier alpha value is -3.54. The van der Waals surface area contributed by atoms with E-state index in [0.717, 1.165) is 22.5 Å². The van der Waals surface area contributed by atoms with Gasteiger partial charge in [0, 0.05) is 22.6 Å². The molecule has 6 heteroatoms. The van der Waals surface area contributed by atoms with Gasteiger partial charge in [0.1, 0.15) is 11.0 Å². The van der Waals surface area contributed by atoms with Crippen LogP contribution in [0.3, 0.4) is 0 Å². The standard InChI is InChI=1S/C23H24N6/c1-13-9-10-19(14(2)11-13)28-15(3)12-17(16(28)4)21-26-22(24)27-23-25-18-7-5-6-8-20(18)29(21)23/h5-12,21H,1-4H3,(H3,24,25,26,27)/p+1/t21-/m1/s1. The Morgan fingerprint density at radius 2 is 1.83 bits per heavy atom. The monoisotopic (exact) mass is 385 g/mol. The molecule has 2 aromatic heterocycles. The quantitative estimate of drug-likeness (QED) is 0.460. The summed E-state index contributed by atoms with van der Waals surface area (Å²) in [7, 11) is 0. The van der Waals surface area contributed by atoms with E-state index in [9.17, 15) is 0 Å². The average Bonchev–Trinajstić information content (AvgIpc) is 3.18. The third kappa shape index (κ3) is 2.63. The number of anilines is 1. The number of nitrogens with two attached hydrogens (primary N) is 1. The van der Waals surface area contributed by atoms with Crippen molar-refractivity contribution in [2.75, 3.05) is 5.32 Å². The van der Waals surface area contributed by atoms with Crippen molar-refractivity contribution in [2.45, 2.75) is 33.9 Å². The number of aromatic nitrogens is 3. The van der Waals surface area contributed by atoms with Crippen LogP contribution in [0.15, 0.2) is 53.5 Å². The minimum absolute atomic E-state index is 0.229. The molecule has 1 atom stereocenters. The summed E-state index contributed by atoms with van der Waals surface area (Å²) < 4.78 is 4.49. The molecule has 4 aromatic rings. The van der Waals surface area contributed by atoms with Crippen LogP contribution < -0.4 is 15.6 Å². The summed E-state index contributed by atoms with van der Waals surface area (Å²) >= 11 is 0. The molecule has 0 spiro atoms. The van der Waals surface area contributed by atoms with Crippen LogP contribution >= 0.6 is 0 Å². The van der Waals surface area contributed by atoms with Gasteiger partial charge in [-0.25, -0.2) is 14.9 Å². The number of imidazole rings is 1. The molecule has 4 N–H and O–H groups in total. The first kappa shape index (κ1) is 17.6. The molecule has 3 heterocycles. The second-order valence-electron chi connectivity index (χ2n) is 7.83. The SMILES string of the molecule is Cc1ccc(-n2c(C)cc([C@@H]3N=C(N)Nc4[nH]c5ccccc5[n+]43)c2C)c(C)c1. The summed E-state index contributed by atoms with van der Waals surface area (Å²) in [4.78, 5) is 8.19. The highest BCUT2D eigenvalue weighted by Gasteiger charge is 2.33. The number of rotatable bonds is 2. The van der Waals surface area contributed by atoms with E-state index in [4.69, 9.17) is 10.7 Å². The van der Waals surface area contributed by atoms with Crippen molar-refractivity contribution >= 4 is 22.9 Å². The number of nitrogens with zero attached hydrogens (tertiary/aromatic N) is 3. The number of guanidine groups is 1. The second-order valence-corrected chi connectivity index (χ2v) is 7.83. The minimum atomic E-state index is -0.229. The van der Waals surface area contributed by atoms with Crippen LogP contribution in [-0.2, 0) is 0 Å². The zero-order valence-electron chi connectivity index (χ0n) is 17.1. The summed E-state index contributed by atoms with van der Waals surface area (Å²) in [6.45, 7) is 8.59. The number of aliphatic imine (C=N–C) groups is 1. The Kier molecular flexibility index (Phi) is 3.77. The van der Waals surface area contributed by atoms with Crippen molar-refractivity contribution in [3.8, 4) is 5.69 Å². The lowest BCUT2D eigenvalue weighted by Gasteiger charge is -2.19. The van der Waals surface area contributed by atoms with Gasteiger partial charge in [0.05, 0.1) is 0 Å². The molecule has 0 bridgehead atoms. The second kappa shape index (κ2) is 6.24. The van der Waals surface area contributed by atoms with Crippen molar-refractivity contribution in [3.63, 3.8) is 0 Å². The largest absolute Gasteiger partial charge is 0.365 e. The van der Waals surface area contributed by atoms with E-state index in [1.807, 2.05) is 12.1 Å². The molecule has 0 aliphatic carbocycles. The van der Waals surface area contributed by atoms with Gasteiger partial charge in [-0.05, 0) is 57.5 Å². The molecular weight excluding hydrogens is 360 g/mol. The number of nitrogens with one attached hydrogen (secondary N) is 2. The van der Waals surface area contributed by atoms with Gasteiger partial charge in [0.25, 0.3) is 5.96 Å². The lowest BCUT2D eigenvalue weighted by molar-refractivity contribution is -0.674. The first-order valence-electron chi connectivity index (χ1n) is 9.83. The van der Waals surface area contributed by atoms with Crippen LogP contribution in [0.5, 0.6) is 0 Å². The van der Waals surface area contributed by atoms with E-state index in [0.29, 0.717) is 5.96 Å². The fraction of sp³-hybridized carbons (Fsp3) is 0.217. The van der Waals surface area contributed by atoms with E-state index in [1.165, 1.54) is 28.2 Å². The van der Waals surface area contributed by atoms with Crippen LogP contribution in [0.1, 0.15) is 34.2 Å². The Morgan fingerprint density at radius 3 is 2.62 bits per heavy atom. The predicted octanol–water partition coefficient (Wildman–Crippen LogP) is 3.77. The minimum Gasteiger partial charge on any atom is -0.357 e. The molecule has 6 nitrogen and oxygen atoms in total.